The molecule has 1 amide bonds. The molecule has 0 aromatic heterocycles. The molecule has 3 nitrogen and oxygen atoms in total. The van der Waals surface area contributed by atoms with Crippen LogP contribution in [0.3, 0.4) is 0 Å². The Kier molecular flexibility index (Phi) is 6.25. The zero-order chi connectivity index (χ0) is 16.8. The van der Waals surface area contributed by atoms with Crippen molar-refractivity contribution in [3.05, 3.63) is 63.4 Å². The summed E-state index contributed by atoms with van der Waals surface area (Å²) < 4.78 is 19.1. The standard InChI is InChI=1S/C17H16Cl2FNO2/c1-11-2-5-14(10-15(11)19)23-7-6-21-17(22)8-12-3-4-13(18)9-16(12)20/h2-5,9-10H,6-8H2,1H3,(H,21,22). The van der Waals surface area contributed by atoms with Crippen LogP contribution in [0.25, 0.3) is 0 Å². The Bertz CT molecular complexity index is 707. The predicted molar refractivity (Wildman–Crippen MR) is 89.8 cm³/mol. The van der Waals surface area contributed by atoms with Gasteiger partial charge in [-0.25, -0.2) is 4.39 Å². The molecule has 0 radical (unpaired) electrons. The number of benzene rings is 2. The Morgan fingerprint density at radius 3 is 2.70 bits per heavy atom. The molecule has 0 atom stereocenters. The Labute approximate surface area is 144 Å². The summed E-state index contributed by atoms with van der Waals surface area (Å²) in [5.41, 5.74) is 1.27. The van der Waals surface area contributed by atoms with Crippen LogP contribution in [-0.2, 0) is 11.2 Å². The molecule has 0 spiro atoms. The SMILES string of the molecule is Cc1ccc(OCCNC(=O)Cc2ccc(Cl)cc2F)cc1Cl. The first kappa shape index (κ1) is 17.6. The first-order chi connectivity index (χ1) is 11.0. The van der Waals surface area contributed by atoms with Crippen LogP contribution in [0.2, 0.25) is 10.0 Å². The topological polar surface area (TPSA) is 38.3 Å². The molecule has 0 saturated carbocycles. The summed E-state index contributed by atoms with van der Waals surface area (Å²) in [6.45, 7) is 2.52. The fourth-order valence-electron chi connectivity index (χ4n) is 1.92. The summed E-state index contributed by atoms with van der Waals surface area (Å²) in [6.07, 6.45) is -0.0423. The number of nitrogens with one attached hydrogen (secondary N) is 1. The molecular formula is C17H16Cl2FNO2. The molecule has 2 rings (SSSR count). The fraction of sp³-hybridized carbons (Fsp3) is 0.235. The summed E-state index contributed by atoms with van der Waals surface area (Å²) in [5, 5.41) is 3.60. The second kappa shape index (κ2) is 8.18. The van der Waals surface area contributed by atoms with E-state index in [2.05, 4.69) is 5.32 Å². The monoisotopic (exact) mass is 355 g/mol. The normalized spacial score (nSPS) is 10.4. The molecule has 2 aromatic carbocycles. The van der Waals surface area contributed by atoms with Crippen molar-refractivity contribution < 1.29 is 13.9 Å². The predicted octanol–water partition coefficient (Wildman–Crippen LogP) is 4.18. The molecule has 23 heavy (non-hydrogen) atoms. The molecule has 1 N–H and O–H groups in total. The second-order valence-electron chi connectivity index (χ2n) is 5.02. The second-order valence-corrected chi connectivity index (χ2v) is 5.87. The van der Waals surface area contributed by atoms with Gasteiger partial charge in [0, 0.05) is 10.0 Å². The summed E-state index contributed by atoms with van der Waals surface area (Å²) in [4.78, 5) is 11.8. The molecule has 0 fully saturated rings. The van der Waals surface area contributed by atoms with Crippen LogP contribution in [0.5, 0.6) is 5.75 Å². The first-order valence-electron chi connectivity index (χ1n) is 7.05. The average Bonchev–Trinajstić information content (AvgIpc) is 2.50. The molecular weight excluding hydrogens is 340 g/mol. The van der Waals surface area contributed by atoms with Gasteiger partial charge in [0.05, 0.1) is 13.0 Å². The van der Waals surface area contributed by atoms with Gasteiger partial charge < -0.3 is 10.1 Å². The van der Waals surface area contributed by atoms with E-state index in [0.29, 0.717) is 34.5 Å². The quantitative estimate of drug-likeness (QED) is 0.789. The molecule has 0 bridgehead atoms. The van der Waals surface area contributed by atoms with Crippen molar-refractivity contribution in [2.24, 2.45) is 0 Å². The van der Waals surface area contributed by atoms with Gasteiger partial charge in [0.25, 0.3) is 0 Å². The zero-order valence-electron chi connectivity index (χ0n) is 12.5. The van der Waals surface area contributed by atoms with Crippen LogP contribution in [0.1, 0.15) is 11.1 Å². The van der Waals surface area contributed by atoms with Gasteiger partial charge in [0.1, 0.15) is 18.2 Å². The highest BCUT2D eigenvalue weighted by atomic mass is 35.5. The number of amides is 1. The van der Waals surface area contributed by atoms with Crippen molar-refractivity contribution >= 4 is 29.1 Å². The van der Waals surface area contributed by atoms with E-state index in [-0.39, 0.29) is 12.3 Å². The number of carbonyl (C=O) groups is 1. The van der Waals surface area contributed by atoms with Crippen molar-refractivity contribution in [3.8, 4) is 5.75 Å². The molecule has 0 unspecified atom stereocenters. The number of hydrogen-bond acceptors (Lipinski definition) is 2. The Morgan fingerprint density at radius 2 is 2.00 bits per heavy atom. The molecule has 2 aromatic rings. The lowest BCUT2D eigenvalue weighted by atomic mass is 10.1. The largest absolute Gasteiger partial charge is 0.492 e. The third kappa shape index (κ3) is 5.41. The lowest BCUT2D eigenvalue weighted by Gasteiger charge is -2.09. The third-order valence-corrected chi connectivity index (χ3v) is 3.84. The number of hydrogen-bond donors (Lipinski definition) is 1. The van der Waals surface area contributed by atoms with Gasteiger partial charge in [-0.05, 0) is 42.3 Å². The highest BCUT2D eigenvalue weighted by Crippen LogP contribution is 2.21. The minimum absolute atomic E-state index is 0.0423. The highest BCUT2D eigenvalue weighted by molar-refractivity contribution is 6.31. The highest BCUT2D eigenvalue weighted by Gasteiger charge is 2.08. The van der Waals surface area contributed by atoms with Crippen LogP contribution in [0.15, 0.2) is 36.4 Å². The van der Waals surface area contributed by atoms with E-state index < -0.39 is 5.82 Å². The van der Waals surface area contributed by atoms with E-state index in [0.717, 1.165) is 5.56 Å². The van der Waals surface area contributed by atoms with Crippen molar-refractivity contribution in [2.75, 3.05) is 13.2 Å². The number of ether oxygens (including phenoxy) is 1. The van der Waals surface area contributed by atoms with Gasteiger partial charge in [-0.1, -0.05) is 35.3 Å². The van der Waals surface area contributed by atoms with Crippen molar-refractivity contribution in [3.63, 3.8) is 0 Å². The van der Waals surface area contributed by atoms with Gasteiger partial charge in [0.2, 0.25) is 5.91 Å². The van der Waals surface area contributed by atoms with Gasteiger partial charge >= 0.3 is 0 Å². The van der Waals surface area contributed by atoms with Crippen molar-refractivity contribution in [1.82, 2.24) is 5.32 Å². The van der Waals surface area contributed by atoms with Crippen LogP contribution in [0, 0.1) is 12.7 Å². The van der Waals surface area contributed by atoms with Crippen molar-refractivity contribution in [1.29, 1.82) is 0 Å². The molecule has 6 heteroatoms. The Morgan fingerprint density at radius 1 is 1.22 bits per heavy atom. The lowest BCUT2D eigenvalue weighted by Crippen LogP contribution is -2.29. The summed E-state index contributed by atoms with van der Waals surface area (Å²) in [7, 11) is 0. The molecule has 122 valence electrons. The van der Waals surface area contributed by atoms with E-state index >= 15 is 0 Å². The zero-order valence-corrected chi connectivity index (χ0v) is 14.0. The van der Waals surface area contributed by atoms with Crippen LogP contribution in [0.4, 0.5) is 4.39 Å². The smallest absolute Gasteiger partial charge is 0.224 e. The molecule has 0 aliphatic carbocycles. The maximum absolute atomic E-state index is 13.6. The Balaban J connectivity index is 1.75. The third-order valence-electron chi connectivity index (χ3n) is 3.20. The molecule has 0 aliphatic rings. The van der Waals surface area contributed by atoms with Crippen LogP contribution >= 0.6 is 23.2 Å². The maximum Gasteiger partial charge on any atom is 0.224 e. The number of halogens is 3. The van der Waals surface area contributed by atoms with E-state index in [1.165, 1.54) is 12.1 Å². The summed E-state index contributed by atoms with van der Waals surface area (Å²) >= 11 is 11.7. The number of aryl methyl sites for hydroxylation is 1. The first-order valence-corrected chi connectivity index (χ1v) is 7.81. The minimum Gasteiger partial charge on any atom is -0.492 e. The van der Waals surface area contributed by atoms with E-state index in [4.69, 9.17) is 27.9 Å². The van der Waals surface area contributed by atoms with Gasteiger partial charge in [-0.15, -0.1) is 0 Å². The Hall–Kier alpha value is -1.78. The van der Waals surface area contributed by atoms with Gasteiger partial charge in [-0.2, -0.15) is 0 Å². The van der Waals surface area contributed by atoms with E-state index in [1.54, 1.807) is 12.1 Å². The number of carbonyl (C=O) groups excluding carboxylic acids is 1. The summed E-state index contributed by atoms with van der Waals surface area (Å²) in [5.74, 6) is -0.131. The van der Waals surface area contributed by atoms with E-state index in [1.807, 2.05) is 19.1 Å². The minimum atomic E-state index is -0.488. The summed E-state index contributed by atoms with van der Waals surface area (Å²) in [6, 6.07) is 9.64. The molecule has 0 aliphatic heterocycles. The average molecular weight is 356 g/mol. The lowest BCUT2D eigenvalue weighted by molar-refractivity contribution is -0.120. The van der Waals surface area contributed by atoms with Gasteiger partial charge in [-0.3, -0.25) is 4.79 Å². The van der Waals surface area contributed by atoms with E-state index in [9.17, 15) is 9.18 Å². The maximum atomic E-state index is 13.6. The molecule has 0 heterocycles. The fourth-order valence-corrected chi connectivity index (χ4v) is 2.25. The van der Waals surface area contributed by atoms with Crippen LogP contribution in [-0.4, -0.2) is 19.1 Å². The van der Waals surface area contributed by atoms with Gasteiger partial charge in [0.15, 0.2) is 0 Å². The van der Waals surface area contributed by atoms with Crippen molar-refractivity contribution in [2.45, 2.75) is 13.3 Å². The molecule has 0 saturated heterocycles. The van der Waals surface area contributed by atoms with Crippen LogP contribution < -0.4 is 10.1 Å². The number of rotatable bonds is 6.